The Bertz CT molecular complexity index is 1470. The van der Waals surface area contributed by atoms with E-state index in [0.29, 0.717) is 39.1 Å². The van der Waals surface area contributed by atoms with Gasteiger partial charge in [-0.05, 0) is 44.4 Å². The van der Waals surface area contributed by atoms with Gasteiger partial charge in [0.1, 0.15) is 0 Å². The number of aromatic nitrogens is 1. The molecule has 1 aromatic heterocycles. The minimum atomic E-state index is -0.892. The van der Waals surface area contributed by atoms with Gasteiger partial charge in [-0.3, -0.25) is 9.69 Å². The van der Waals surface area contributed by atoms with E-state index in [2.05, 4.69) is 15.2 Å². The smallest absolute Gasteiger partial charge is 0.320 e. The Hall–Kier alpha value is -3.56. The highest BCUT2D eigenvalue weighted by Gasteiger charge is 2.46. The highest BCUT2D eigenvalue weighted by Crippen LogP contribution is 2.40. The molecule has 0 bridgehead atoms. The zero-order valence-electron chi connectivity index (χ0n) is 24.1. The summed E-state index contributed by atoms with van der Waals surface area (Å²) >= 11 is 0. The van der Waals surface area contributed by atoms with E-state index < -0.39 is 17.7 Å². The van der Waals surface area contributed by atoms with Crippen molar-refractivity contribution in [2.75, 3.05) is 33.2 Å². The normalized spacial score (nSPS) is 22.5. The fourth-order valence-corrected chi connectivity index (χ4v) is 7.26. The van der Waals surface area contributed by atoms with Crippen LogP contribution in [0.1, 0.15) is 55.7 Å². The van der Waals surface area contributed by atoms with Gasteiger partial charge < -0.3 is 20.1 Å². The molecular weight excluding hydrogens is 536 g/mol. The number of aromatic amines is 1. The van der Waals surface area contributed by atoms with Crippen LogP contribution in [0.15, 0.2) is 65.6 Å². The van der Waals surface area contributed by atoms with Gasteiger partial charge >= 0.3 is 6.03 Å². The fourth-order valence-electron chi connectivity index (χ4n) is 7.26. The van der Waals surface area contributed by atoms with Gasteiger partial charge in [0.05, 0.1) is 6.04 Å². The molecule has 2 amide bonds. The second-order valence-electron chi connectivity index (χ2n) is 12.0. The maximum Gasteiger partial charge on any atom is 0.320 e. The molecule has 9 heteroatoms. The number of rotatable bonds is 5. The first kappa shape index (κ1) is 28.6. The number of nitrogens with zero attached hydrogens (tertiary/aromatic N) is 3. The summed E-state index contributed by atoms with van der Waals surface area (Å²) in [6.07, 6.45) is 7.17. The van der Waals surface area contributed by atoms with Crippen LogP contribution in [0, 0.1) is 11.6 Å². The monoisotopic (exact) mass is 575 g/mol. The number of amides is 2. The van der Waals surface area contributed by atoms with Crippen molar-refractivity contribution in [1.82, 2.24) is 25.0 Å². The lowest BCUT2D eigenvalue weighted by atomic mass is 9.90. The average molecular weight is 576 g/mol. The molecule has 6 rings (SSSR count). The predicted octanol–water partition coefficient (Wildman–Crippen LogP) is 5.30. The predicted molar refractivity (Wildman–Crippen MR) is 159 cm³/mol. The summed E-state index contributed by atoms with van der Waals surface area (Å²) in [6, 6.07) is 15.2. The minimum absolute atomic E-state index is 0.00613. The highest BCUT2D eigenvalue weighted by molar-refractivity contribution is 5.75. The second kappa shape index (κ2) is 12.0. The summed E-state index contributed by atoms with van der Waals surface area (Å²) in [5, 5.41) is 3.26. The van der Waals surface area contributed by atoms with Crippen molar-refractivity contribution in [3.8, 4) is 11.3 Å². The molecule has 1 spiro atoms. The highest BCUT2D eigenvalue weighted by atomic mass is 19.2. The van der Waals surface area contributed by atoms with Crippen molar-refractivity contribution in [2.24, 2.45) is 0 Å². The number of hydrogen-bond acceptors (Lipinski definition) is 4. The van der Waals surface area contributed by atoms with Gasteiger partial charge in [0.25, 0.3) is 0 Å². The fraction of sp³-hybridized carbons (Fsp3) is 0.455. The average Bonchev–Trinajstić information content (AvgIpc) is 3.49. The number of carbonyl (C=O) groups is 1. The van der Waals surface area contributed by atoms with Crippen LogP contribution in [0.25, 0.3) is 11.3 Å². The van der Waals surface area contributed by atoms with Crippen LogP contribution in [-0.2, 0) is 6.54 Å². The van der Waals surface area contributed by atoms with E-state index in [9.17, 15) is 18.4 Å². The number of piperazine rings is 1. The number of carbonyl (C=O) groups excluding carboxylic acids is 1. The Kier molecular flexibility index (Phi) is 8.14. The number of hydrogen-bond donors (Lipinski definition) is 2. The Labute approximate surface area is 245 Å². The number of H-pyrrole nitrogens is 1. The molecule has 2 aliphatic heterocycles. The summed E-state index contributed by atoms with van der Waals surface area (Å²) in [4.78, 5) is 36.6. The topological polar surface area (TPSA) is 71.7 Å². The Morgan fingerprint density at radius 1 is 1.05 bits per heavy atom. The summed E-state index contributed by atoms with van der Waals surface area (Å²) in [5.41, 5.74) is 2.51. The van der Waals surface area contributed by atoms with Crippen LogP contribution in [0.3, 0.4) is 0 Å². The third kappa shape index (κ3) is 5.47. The first-order valence-electron chi connectivity index (χ1n) is 15.1. The number of urea groups is 1. The maximum absolute atomic E-state index is 15.0. The third-order valence-corrected chi connectivity index (χ3v) is 9.64. The molecule has 0 radical (unpaired) electrons. The first-order chi connectivity index (χ1) is 20.4. The van der Waals surface area contributed by atoms with Gasteiger partial charge in [-0.25, -0.2) is 13.6 Å². The van der Waals surface area contributed by atoms with Crippen LogP contribution in [0.4, 0.5) is 13.6 Å². The quantitative estimate of drug-likeness (QED) is 0.434. The lowest BCUT2D eigenvalue weighted by molar-refractivity contribution is -0.00239. The van der Waals surface area contributed by atoms with E-state index >= 15 is 0 Å². The van der Waals surface area contributed by atoms with Gasteiger partial charge in [-0.2, -0.15) is 0 Å². The van der Waals surface area contributed by atoms with Gasteiger partial charge in [0, 0.05) is 73.4 Å². The molecule has 2 saturated heterocycles. The van der Waals surface area contributed by atoms with E-state index in [1.165, 1.54) is 6.07 Å². The van der Waals surface area contributed by atoms with E-state index in [1.807, 2.05) is 48.5 Å². The molecule has 7 nitrogen and oxygen atoms in total. The zero-order valence-corrected chi connectivity index (χ0v) is 24.1. The molecular formula is C33H39F2N5O2. The molecule has 2 atom stereocenters. The maximum atomic E-state index is 15.0. The van der Waals surface area contributed by atoms with Crippen LogP contribution < -0.4 is 10.7 Å². The summed E-state index contributed by atoms with van der Waals surface area (Å²) in [5.74, 6) is -1.77. The Morgan fingerprint density at radius 2 is 1.83 bits per heavy atom. The Morgan fingerprint density at radius 3 is 2.57 bits per heavy atom. The summed E-state index contributed by atoms with van der Waals surface area (Å²) in [6.45, 7) is 2.73. The van der Waals surface area contributed by atoms with Crippen LogP contribution in [0.2, 0.25) is 0 Å². The number of piperidine rings is 1. The van der Waals surface area contributed by atoms with Crippen LogP contribution in [-0.4, -0.2) is 70.5 Å². The number of pyridine rings is 1. The number of halogens is 2. The molecule has 2 N–H and O–H groups in total. The van der Waals surface area contributed by atoms with Gasteiger partial charge in [-0.1, -0.05) is 55.3 Å². The SMILES string of the molecule is CN[C@@H]1CCN(C(=O)N2CCN(Cc3c[nH]c(-c4ccccc4)cc3=O)C3(CCCC3)C2)[C@H](c2cccc(F)c2F)C1. The van der Waals surface area contributed by atoms with Crippen molar-refractivity contribution < 1.29 is 13.6 Å². The van der Waals surface area contributed by atoms with Gasteiger partial charge in [0.2, 0.25) is 0 Å². The van der Waals surface area contributed by atoms with E-state index in [0.717, 1.165) is 55.0 Å². The van der Waals surface area contributed by atoms with E-state index in [-0.39, 0.29) is 28.6 Å². The molecule has 3 aliphatic rings. The molecule has 2 aromatic carbocycles. The molecule has 1 aliphatic carbocycles. The molecule has 0 unspecified atom stereocenters. The third-order valence-electron chi connectivity index (χ3n) is 9.64. The molecule has 1 saturated carbocycles. The molecule has 3 aromatic rings. The Balaban J connectivity index is 1.21. The summed E-state index contributed by atoms with van der Waals surface area (Å²) < 4.78 is 29.2. The van der Waals surface area contributed by atoms with Gasteiger partial charge in [-0.15, -0.1) is 0 Å². The standard InChI is InChI=1S/C33H39F2N5O2/c1-36-25-12-15-40(29(18-25)26-10-7-11-27(34)31(26)35)32(42)38-16-17-39(33(22-38)13-5-6-14-33)21-24-20-37-28(19-30(24)41)23-8-3-2-4-9-23/h2-4,7-11,19-20,25,29,36H,5-6,12-18,21-22H2,1H3,(H,37,41)/t25-,29+/m1/s1. The second-order valence-corrected chi connectivity index (χ2v) is 12.0. The van der Waals surface area contributed by atoms with Crippen LogP contribution in [0.5, 0.6) is 0 Å². The molecule has 3 fully saturated rings. The lowest BCUT2D eigenvalue weighted by Gasteiger charge is -2.51. The lowest BCUT2D eigenvalue weighted by Crippen LogP contribution is -2.64. The number of nitrogens with one attached hydrogen (secondary N) is 2. The van der Waals surface area contributed by atoms with Crippen molar-refractivity contribution in [2.45, 2.75) is 62.7 Å². The van der Waals surface area contributed by atoms with Gasteiger partial charge in [0.15, 0.2) is 17.1 Å². The minimum Gasteiger partial charge on any atom is -0.361 e. The van der Waals surface area contributed by atoms with Crippen molar-refractivity contribution >= 4 is 6.03 Å². The first-order valence-corrected chi connectivity index (χ1v) is 15.1. The molecule has 3 heterocycles. The van der Waals surface area contributed by atoms with Crippen molar-refractivity contribution in [3.05, 3.63) is 93.8 Å². The zero-order chi connectivity index (χ0) is 29.3. The molecule has 222 valence electrons. The van der Waals surface area contributed by atoms with Crippen molar-refractivity contribution in [1.29, 1.82) is 0 Å². The number of likely N-dealkylation sites (tertiary alicyclic amines) is 1. The largest absolute Gasteiger partial charge is 0.361 e. The van der Waals surface area contributed by atoms with E-state index in [1.54, 1.807) is 17.0 Å². The van der Waals surface area contributed by atoms with E-state index in [4.69, 9.17) is 0 Å². The van der Waals surface area contributed by atoms with Crippen molar-refractivity contribution in [3.63, 3.8) is 0 Å². The number of benzene rings is 2. The summed E-state index contributed by atoms with van der Waals surface area (Å²) in [7, 11) is 1.87. The van der Waals surface area contributed by atoms with Crippen LogP contribution >= 0.6 is 0 Å². The molecule has 42 heavy (non-hydrogen) atoms.